The van der Waals surface area contributed by atoms with Gasteiger partial charge in [-0.2, -0.15) is 11.9 Å². The molecule has 1 aliphatic rings. The van der Waals surface area contributed by atoms with Crippen molar-refractivity contribution in [1.82, 2.24) is 15.3 Å². The minimum absolute atomic E-state index is 0.114. The van der Waals surface area contributed by atoms with E-state index >= 15 is 0 Å². The van der Waals surface area contributed by atoms with Gasteiger partial charge in [0.05, 0.1) is 24.9 Å². The number of nitrogen functional groups attached to an aromatic ring is 1. The summed E-state index contributed by atoms with van der Waals surface area (Å²) in [5, 5.41) is 67.2. The molecule has 0 aliphatic heterocycles. The molecule has 9 atom stereocenters. The van der Waals surface area contributed by atoms with E-state index in [0.717, 1.165) is 29.7 Å². The number of aliphatic hydroxyl groups is 5. The number of aryl methyl sites for hydroxylation is 1. The van der Waals surface area contributed by atoms with Gasteiger partial charge in [0, 0.05) is 37.0 Å². The Morgan fingerprint density at radius 1 is 1.14 bits per heavy atom. The Hall–Kier alpha value is -3.63. The van der Waals surface area contributed by atoms with Crippen LogP contribution >= 0.6 is 0 Å². The smallest absolute Gasteiger partial charge is 0.161 e. The number of anilines is 1. The second-order valence-corrected chi connectivity index (χ2v) is 13.7. The van der Waals surface area contributed by atoms with Crippen LogP contribution in [0.1, 0.15) is 81.5 Å². The lowest BCUT2D eigenvalue weighted by Crippen LogP contribution is -2.38. The number of nitrogens with two attached hydrogens (primary N) is 1. The molecule has 0 bridgehead atoms. The van der Waals surface area contributed by atoms with Crippen LogP contribution in [0.15, 0.2) is 54.9 Å². The number of nitrogens with zero attached hydrogens (tertiary/aromatic N) is 2. The van der Waals surface area contributed by atoms with E-state index in [1.165, 1.54) is 6.07 Å². The second-order valence-electron chi connectivity index (χ2n) is 13.7. The molecule has 0 saturated heterocycles. The standard InChI is InChI=1S/C39H55N4O7/c1-3-26-6-4-8-32(34(47)14-11-31(18-26)43-23-25(2)45)33(46)12-9-27-10-13-35(48)37(19-27)50-38(36(49)24-44)21-29(20-30-7-5-16-41-30)28-15-17-42-39(40)22-28/h5,7,10,13,15-17,19,22,25-26,29,31-34,36,38,43-49H,3,8-9,11-12,14,18,20-21,23-24H2,1-2H3,(H2,40,42)/q-1/t25-,26+,29-,31+,32+,33+,34-,36+,38+/m0/s1. The van der Waals surface area contributed by atoms with Gasteiger partial charge in [-0.25, -0.2) is 4.98 Å². The molecular weight excluding hydrogens is 636 g/mol. The van der Waals surface area contributed by atoms with Crippen LogP contribution in [0.4, 0.5) is 5.82 Å². The number of benzene rings is 1. The fourth-order valence-electron chi connectivity index (χ4n) is 6.69. The molecule has 4 rings (SSSR count). The largest absolute Gasteiger partial charge is 0.668 e. The Morgan fingerprint density at radius 2 is 1.96 bits per heavy atom. The Kier molecular flexibility index (Phi) is 15.4. The molecule has 2 aromatic heterocycles. The van der Waals surface area contributed by atoms with Gasteiger partial charge >= 0.3 is 0 Å². The normalized spacial score (nSPS) is 22.8. The molecule has 3 aromatic rings. The summed E-state index contributed by atoms with van der Waals surface area (Å²) in [7, 11) is 0. The fourth-order valence-corrected chi connectivity index (χ4v) is 6.69. The van der Waals surface area contributed by atoms with Gasteiger partial charge in [0.1, 0.15) is 18.0 Å². The van der Waals surface area contributed by atoms with Crippen LogP contribution in [-0.4, -0.2) is 85.3 Å². The predicted molar refractivity (Wildman–Crippen MR) is 192 cm³/mol. The van der Waals surface area contributed by atoms with Gasteiger partial charge in [0.2, 0.25) is 0 Å². The van der Waals surface area contributed by atoms with E-state index in [4.69, 9.17) is 10.5 Å². The lowest BCUT2D eigenvalue weighted by Gasteiger charge is -2.30. The summed E-state index contributed by atoms with van der Waals surface area (Å²) in [5.41, 5.74) is 8.52. The summed E-state index contributed by atoms with van der Waals surface area (Å²) < 4.78 is 6.23. The van der Waals surface area contributed by atoms with Crippen molar-refractivity contribution < 1.29 is 35.4 Å². The first-order valence-electron chi connectivity index (χ1n) is 17.9. The zero-order valence-electron chi connectivity index (χ0n) is 29.2. The van der Waals surface area contributed by atoms with Crippen molar-refractivity contribution in [2.75, 3.05) is 18.9 Å². The van der Waals surface area contributed by atoms with E-state index in [-0.39, 0.29) is 35.8 Å². The van der Waals surface area contributed by atoms with Gasteiger partial charge in [-0.3, -0.25) is 0 Å². The van der Waals surface area contributed by atoms with Gasteiger partial charge in [0.25, 0.3) is 0 Å². The number of phenols is 1. The molecule has 0 spiro atoms. The van der Waals surface area contributed by atoms with Crippen LogP contribution in [0, 0.1) is 23.7 Å². The van der Waals surface area contributed by atoms with Crippen LogP contribution < -0.4 is 20.8 Å². The highest BCUT2D eigenvalue weighted by Crippen LogP contribution is 2.34. The topological polar surface area (TPSA) is 196 Å². The molecule has 0 radical (unpaired) electrons. The molecule has 11 heteroatoms. The van der Waals surface area contributed by atoms with E-state index in [1.54, 1.807) is 37.5 Å². The van der Waals surface area contributed by atoms with Gasteiger partial charge in [-0.05, 0) is 99.6 Å². The van der Waals surface area contributed by atoms with Crippen molar-refractivity contribution in [3.63, 3.8) is 0 Å². The molecule has 0 unspecified atom stereocenters. The predicted octanol–water partition coefficient (Wildman–Crippen LogP) is 3.06. The monoisotopic (exact) mass is 691 g/mol. The molecule has 11 nitrogen and oxygen atoms in total. The molecule has 0 saturated carbocycles. The summed E-state index contributed by atoms with van der Waals surface area (Å²) in [6.07, 6.45) is 4.19. The summed E-state index contributed by atoms with van der Waals surface area (Å²) in [6.45, 7) is 3.78. The molecule has 1 aromatic carbocycles. The maximum absolute atomic E-state index is 11.3. The highest BCUT2D eigenvalue weighted by Gasteiger charge is 2.29. The second kappa shape index (κ2) is 19.7. The highest BCUT2D eigenvalue weighted by molar-refractivity contribution is 5.42. The molecular formula is C39H55N4O7-. The third kappa shape index (κ3) is 12.0. The zero-order valence-corrected chi connectivity index (χ0v) is 29.2. The number of hydrogen-bond donors (Lipinski definition) is 8. The van der Waals surface area contributed by atoms with Crippen LogP contribution in [0.5, 0.6) is 11.5 Å². The summed E-state index contributed by atoms with van der Waals surface area (Å²) in [5.74, 6) is 6.57. The number of aliphatic hydroxyl groups excluding tert-OH is 5. The van der Waals surface area contributed by atoms with E-state index in [0.29, 0.717) is 50.9 Å². The van der Waals surface area contributed by atoms with Gasteiger partial charge in [-0.1, -0.05) is 31.0 Å². The first kappa shape index (κ1) is 39.2. The fraction of sp³-hybridized carbons (Fsp3) is 0.564. The average Bonchev–Trinajstić information content (AvgIpc) is 3.62. The van der Waals surface area contributed by atoms with Crippen LogP contribution in [0.3, 0.4) is 0 Å². The molecule has 0 amide bonds. The number of nitrogens with one attached hydrogen (secondary N) is 1. The molecule has 2 heterocycles. The third-order valence-corrected chi connectivity index (χ3v) is 9.72. The van der Waals surface area contributed by atoms with Crippen molar-refractivity contribution in [2.24, 2.45) is 11.8 Å². The Bertz CT molecular complexity index is 1490. The first-order valence-corrected chi connectivity index (χ1v) is 17.9. The van der Waals surface area contributed by atoms with Crippen LogP contribution in [-0.2, 0) is 12.8 Å². The van der Waals surface area contributed by atoms with E-state index in [2.05, 4.69) is 34.0 Å². The van der Waals surface area contributed by atoms with Crippen LogP contribution in [0.2, 0.25) is 0 Å². The Balaban J connectivity index is 1.45. The van der Waals surface area contributed by atoms with Crippen molar-refractivity contribution in [1.29, 1.82) is 0 Å². The number of aromatic nitrogens is 2. The van der Waals surface area contributed by atoms with Gasteiger partial charge in [0.15, 0.2) is 11.5 Å². The number of hydrogen-bond acceptors (Lipinski definition) is 10. The van der Waals surface area contributed by atoms with Gasteiger partial charge < -0.3 is 51.4 Å². The molecule has 50 heavy (non-hydrogen) atoms. The minimum Gasteiger partial charge on any atom is -0.668 e. The van der Waals surface area contributed by atoms with E-state index in [9.17, 15) is 30.6 Å². The number of phenolic OH excluding ortho intramolecular Hbond substituents is 1. The lowest BCUT2D eigenvalue weighted by atomic mass is 9.84. The number of ether oxygens (including phenoxy) is 1. The summed E-state index contributed by atoms with van der Waals surface area (Å²) >= 11 is 0. The van der Waals surface area contributed by atoms with E-state index < -0.39 is 43.0 Å². The number of rotatable bonds is 17. The summed E-state index contributed by atoms with van der Waals surface area (Å²) in [6, 6.07) is 12.5. The number of pyridine rings is 1. The maximum Gasteiger partial charge on any atom is 0.161 e. The molecule has 9 N–H and O–H groups in total. The van der Waals surface area contributed by atoms with Crippen molar-refractivity contribution in [3.05, 3.63) is 71.7 Å². The third-order valence-electron chi connectivity index (χ3n) is 9.72. The zero-order chi connectivity index (χ0) is 36.0. The maximum atomic E-state index is 11.3. The highest BCUT2D eigenvalue weighted by atomic mass is 16.5. The molecule has 0 fully saturated rings. The Labute approximate surface area is 295 Å². The average molecular weight is 692 g/mol. The van der Waals surface area contributed by atoms with Crippen molar-refractivity contribution in [2.45, 2.75) is 114 Å². The summed E-state index contributed by atoms with van der Waals surface area (Å²) in [4.78, 5) is 8.51. The van der Waals surface area contributed by atoms with E-state index in [1.807, 2.05) is 18.2 Å². The Morgan fingerprint density at radius 3 is 2.66 bits per heavy atom. The van der Waals surface area contributed by atoms with Gasteiger partial charge in [-0.15, -0.1) is 5.92 Å². The molecule has 1 aliphatic carbocycles. The van der Waals surface area contributed by atoms with Crippen molar-refractivity contribution >= 4 is 5.82 Å². The van der Waals surface area contributed by atoms with Crippen molar-refractivity contribution in [3.8, 4) is 23.3 Å². The quantitative estimate of drug-likeness (QED) is 0.0970. The molecule has 274 valence electrons. The lowest BCUT2D eigenvalue weighted by molar-refractivity contribution is -0.00843. The van der Waals surface area contributed by atoms with Crippen LogP contribution in [0.25, 0.3) is 0 Å². The first-order chi connectivity index (χ1) is 24.1. The SMILES string of the molecule is CC[C@@H]1C#CC[C@H]([C@H](O)CCc2ccc(O)c(O[C@H](C[C@H](Cc3ccc[n-]3)c3ccnc(N)c3)[C@H](O)CO)c2)[C@@H](O)CC[C@@H](NC[C@H](C)O)C1. The minimum atomic E-state index is -1.24. The number of aromatic hydroxyl groups is 1.